The van der Waals surface area contributed by atoms with E-state index < -0.39 is 0 Å². The smallest absolute Gasteiger partial charge is 0.217 e. The number of nitrogens with zero attached hydrogens (tertiary/aromatic N) is 1. The van der Waals surface area contributed by atoms with Crippen molar-refractivity contribution in [3.05, 3.63) is 17.3 Å². The van der Waals surface area contributed by atoms with Gasteiger partial charge in [-0.15, -0.1) is 0 Å². The Morgan fingerprint density at radius 1 is 1.40 bits per heavy atom. The molecular formula is C11H19N3O. The molecular weight excluding hydrogens is 190 g/mol. The van der Waals surface area contributed by atoms with Crippen molar-refractivity contribution in [1.29, 1.82) is 0 Å². The van der Waals surface area contributed by atoms with E-state index in [0.29, 0.717) is 18.1 Å². The number of hydrogen-bond acceptors (Lipinski definition) is 4. The van der Waals surface area contributed by atoms with Gasteiger partial charge < -0.3 is 16.2 Å². The quantitative estimate of drug-likeness (QED) is 0.772. The zero-order valence-corrected chi connectivity index (χ0v) is 9.79. The standard InChI is InChI=1S/C11H19N3O/c1-11(2,3)9-8(13)5-7(6-12)10(14-9)15-4/h5H,6,12-13H2,1-4H3. The highest BCUT2D eigenvalue weighted by atomic mass is 16.5. The summed E-state index contributed by atoms with van der Waals surface area (Å²) >= 11 is 0. The van der Waals surface area contributed by atoms with Crippen LogP contribution in [0.15, 0.2) is 6.07 Å². The van der Waals surface area contributed by atoms with Crippen LogP contribution >= 0.6 is 0 Å². The number of aromatic nitrogens is 1. The average molecular weight is 209 g/mol. The zero-order chi connectivity index (χ0) is 11.6. The molecule has 4 heteroatoms. The number of pyridine rings is 1. The first kappa shape index (κ1) is 11.8. The predicted molar refractivity (Wildman–Crippen MR) is 61.8 cm³/mol. The van der Waals surface area contributed by atoms with Crippen molar-refractivity contribution in [1.82, 2.24) is 4.98 Å². The van der Waals surface area contributed by atoms with Crippen LogP contribution in [-0.2, 0) is 12.0 Å². The van der Waals surface area contributed by atoms with E-state index in [2.05, 4.69) is 25.8 Å². The largest absolute Gasteiger partial charge is 0.481 e. The van der Waals surface area contributed by atoms with Crippen LogP contribution in [0, 0.1) is 0 Å². The molecule has 0 spiro atoms. The maximum absolute atomic E-state index is 5.93. The Hall–Kier alpha value is -1.29. The minimum Gasteiger partial charge on any atom is -0.481 e. The molecule has 1 heterocycles. The lowest BCUT2D eigenvalue weighted by molar-refractivity contribution is 0.387. The summed E-state index contributed by atoms with van der Waals surface area (Å²) in [7, 11) is 1.59. The molecule has 0 amide bonds. The van der Waals surface area contributed by atoms with Crippen molar-refractivity contribution in [2.45, 2.75) is 32.7 Å². The third kappa shape index (κ3) is 2.39. The molecule has 0 bridgehead atoms. The number of nitrogen functional groups attached to an aromatic ring is 1. The zero-order valence-electron chi connectivity index (χ0n) is 9.79. The van der Waals surface area contributed by atoms with E-state index in [9.17, 15) is 0 Å². The maximum Gasteiger partial charge on any atom is 0.217 e. The molecule has 4 N–H and O–H groups in total. The molecule has 1 aromatic heterocycles. The summed E-state index contributed by atoms with van der Waals surface area (Å²) in [4.78, 5) is 4.41. The summed E-state index contributed by atoms with van der Waals surface area (Å²) in [6.45, 7) is 6.57. The maximum atomic E-state index is 5.93. The van der Waals surface area contributed by atoms with Gasteiger partial charge in [0.1, 0.15) is 0 Å². The van der Waals surface area contributed by atoms with E-state index in [0.717, 1.165) is 11.3 Å². The van der Waals surface area contributed by atoms with Crippen LogP contribution in [0.3, 0.4) is 0 Å². The Kier molecular flexibility index (Phi) is 3.19. The topological polar surface area (TPSA) is 74.2 Å². The van der Waals surface area contributed by atoms with Crippen molar-refractivity contribution in [2.75, 3.05) is 12.8 Å². The second-order valence-electron chi connectivity index (χ2n) is 4.55. The van der Waals surface area contributed by atoms with Crippen molar-refractivity contribution < 1.29 is 4.74 Å². The van der Waals surface area contributed by atoms with Crippen LogP contribution in [0.2, 0.25) is 0 Å². The van der Waals surface area contributed by atoms with Crippen molar-refractivity contribution in [2.24, 2.45) is 5.73 Å². The van der Waals surface area contributed by atoms with Gasteiger partial charge in [0, 0.05) is 17.5 Å². The van der Waals surface area contributed by atoms with Crippen LogP contribution in [0.25, 0.3) is 0 Å². The molecule has 0 fully saturated rings. The average Bonchev–Trinajstić information content (AvgIpc) is 2.15. The van der Waals surface area contributed by atoms with Gasteiger partial charge in [-0.25, -0.2) is 4.98 Å². The van der Waals surface area contributed by atoms with Crippen LogP contribution in [0.4, 0.5) is 5.69 Å². The first-order valence-corrected chi connectivity index (χ1v) is 4.94. The highest BCUT2D eigenvalue weighted by Gasteiger charge is 2.21. The highest BCUT2D eigenvalue weighted by Crippen LogP contribution is 2.30. The van der Waals surface area contributed by atoms with Gasteiger partial charge in [0.05, 0.1) is 18.5 Å². The summed E-state index contributed by atoms with van der Waals surface area (Å²) in [6, 6.07) is 1.84. The van der Waals surface area contributed by atoms with Crippen LogP contribution in [-0.4, -0.2) is 12.1 Å². The van der Waals surface area contributed by atoms with Gasteiger partial charge >= 0.3 is 0 Å². The van der Waals surface area contributed by atoms with Gasteiger partial charge in [-0.3, -0.25) is 0 Å². The molecule has 0 aliphatic rings. The molecule has 0 radical (unpaired) electrons. The second-order valence-corrected chi connectivity index (χ2v) is 4.55. The van der Waals surface area contributed by atoms with E-state index in [1.165, 1.54) is 0 Å². The van der Waals surface area contributed by atoms with E-state index in [4.69, 9.17) is 16.2 Å². The van der Waals surface area contributed by atoms with Crippen molar-refractivity contribution in [3.63, 3.8) is 0 Å². The van der Waals surface area contributed by atoms with Crippen LogP contribution in [0.5, 0.6) is 5.88 Å². The molecule has 1 rings (SSSR count). The van der Waals surface area contributed by atoms with E-state index in [1.807, 2.05) is 6.07 Å². The van der Waals surface area contributed by atoms with Gasteiger partial charge in [0.25, 0.3) is 0 Å². The second kappa shape index (κ2) is 4.06. The first-order valence-electron chi connectivity index (χ1n) is 4.94. The number of hydrogen-bond donors (Lipinski definition) is 2. The Labute approximate surface area is 90.6 Å². The molecule has 0 aromatic carbocycles. The molecule has 4 nitrogen and oxygen atoms in total. The minimum atomic E-state index is -0.0928. The number of methoxy groups -OCH3 is 1. The van der Waals surface area contributed by atoms with Crippen LogP contribution in [0.1, 0.15) is 32.0 Å². The normalized spacial score (nSPS) is 11.5. The predicted octanol–water partition coefficient (Wildman–Crippen LogP) is 1.43. The molecule has 0 unspecified atom stereocenters. The molecule has 15 heavy (non-hydrogen) atoms. The lowest BCUT2D eigenvalue weighted by Crippen LogP contribution is -2.18. The van der Waals surface area contributed by atoms with Gasteiger partial charge in [-0.2, -0.15) is 0 Å². The Morgan fingerprint density at radius 2 is 2.00 bits per heavy atom. The van der Waals surface area contributed by atoms with Gasteiger partial charge in [-0.05, 0) is 6.07 Å². The number of ether oxygens (including phenoxy) is 1. The fourth-order valence-electron chi connectivity index (χ4n) is 1.48. The fraction of sp³-hybridized carbons (Fsp3) is 0.545. The molecule has 84 valence electrons. The van der Waals surface area contributed by atoms with Crippen LogP contribution < -0.4 is 16.2 Å². The minimum absolute atomic E-state index is 0.0928. The summed E-state index contributed by atoms with van der Waals surface area (Å²) in [6.07, 6.45) is 0. The van der Waals surface area contributed by atoms with Gasteiger partial charge in [0.15, 0.2) is 0 Å². The lowest BCUT2D eigenvalue weighted by Gasteiger charge is -2.21. The Bertz CT molecular complexity index is 356. The third-order valence-electron chi connectivity index (χ3n) is 2.21. The SMILES string of the molecule is COc1nc(C(C)(C)C)c(N)cc1CN. The Morgan fingerprint density at radius 3 is 2.40 bits per heavy atom. The molecule has 0 saturated heterocycles. The number of nitrogens with two attached hydrogens (primary N) is 2. The molecule has 0 aliphatic carbocycles. The third-order valence-corrected chi connectivity index (χ3v) is 2.21. The van der Waals surface area contributed by atoms with Crippen molar-refractivity contribution in [3.8, 4) is 5.88 Å². The first-order chi connectivity index (χ1) is 6.90. The summed E-state index contributed by atoms with van der Waals surface area (Å²) < 4.78 is 5.18. The van der Waals surface area contributed by atoms with Gasteiger partial charge in [-0.1, -0.05) is 20.8 Å². The van der Waals surface area contributed by atoms with E-state index >= 15 is 0 Å². The van der Waals surface area contributed by atoms with E-state index in [1.54, 1.807) is 7.11 Å². The summed E-state index contributed by atoms with van der Waals surface area (Å²) in [5.41, 5.74) is 13.8. The molecule has 0 saturated carbocycles. The number of anilines is 1. The lowest BCUT2D eigenvalue weighted by atomic mass is 9.90. The van der Waals surface area contributed by atoms with Gasteiger partial charge in [0.2, 0.25) is 5.88 Å². The highest BCUT2D eigenvalue weighted by molar-refractivity contribution is 5.51. The monoisotopic (exact) mass is 209 g/mol. The summed E-state index contributed by atoms with van der Waals surface area (Å²) in [5, 5.41) is 0. The molecule has 0 aliphatic heterocycles. The molecule has 1 aromatic rings. The van der Waals surface area contributed by atoms with E-state index in [-0.39, 0.29) is 5.41 Å². The number of rotatable bonds is 2. The molecule has 0 atom stereocenters. The fourth-order valence-corrected chi connectivity index (χ4v) is 1.48. The Balaban J connectivity index is 3.32. The van der Waals surface area contributed by atoms with Crippen molar-refractivity contribution >= 4 is 5.69 Å². The summed E-state index contributed by atoms with van der Waals surface area (Å²) in [5.74, 6) is 0.566.